The van der Waals surface area contributed by atoms with Crippen LogP contribution in [0.4, 0.5) is 0 Å². The predicted molar refractivity (Wildman–Crippen MR) is 68.5 cm³/mol. The first-order valence-electron chi connectivity index (χ1n) is 5.16. The third-order valence-corrected chi connectivity index (χ3v) is 2.81. The van der Waals surface area contributed by atoms with Gasteiger partial charge in [0, 0.05) is 36.7 Å². The van der Waals surface area contributed by atoms with E-state index in [4.69, 9.17) is 0 Å². The van der Waals surface area contributed by atoms with Gasteiger partial charge in [0.1, 0.15) is 5.69 Å². The number of pyridine rings is 1. The van der Waals surface area contributed by atoms with Crippen LogP contribution in [0, 0.1) is 0 Å². The van der Waals surface area contributed by atoms with Crippen molar-refractivity contribution in [3.63, 3.8) is 0 Å². The van der Waals surface area contributed by atoms with Gasteiger partial charge >= 0.3 is 0 Å². The molecule has 2 heterocycles. The first-order valence-corrected chi connectivity index (χ1v) is 5.95. The SMILES string of the molecule is Cn1cc(Br)cc1C(=O)NCc1cccnc1. The van der Waals surface area contributed by atoms with E-state index in [1.54, 1.807) is 23.0 Å². The number of halogens is 1. The van der Waals surface area contributed by atoms with Crippen LogP contribution in [0.1, 0.15) is 16.1 Å². The van der Waals surface area contributed by atoms with Crippen LogP contribution in [-0.4, -0.2) is 15.5 Å². The van der Waals surface area contributed by atoms with E-state index in [1.165, 1.54) is 0 Å². The number of hydrogen-bond acceptors (Lipinski definition) is 2. The van der Waals surface area contributed by atoms with Crippen molar-refractivity contribution in [2.75, 3.05) is 0 Å². The van der Waals surface area contributed by atoms with Crippen LogP contribution in [0.5, 0.6) is 0 Å². The second kappa shape index (κ2) is 5.14. The average Bonchev–Trinajstić information content (AvgIpc) is 2.67. The second-order valence-corrected chi connectivity index (χ2v) is 4.61. The molecular weight excluding hydrogens is 282 g/mol. The molecular formula is C12H12BrN3O. The number of nitrogens with one attached hydrogen (secondary N) is 1. The summed E-state index contributed by atoms with van der Waals surface area (Å²) in [6, 6.07) is 5.56. The van der Waals surface area contributed by atoms with Gasteiger partial charge in [-0.2, -0.15) is 0 Å². The zero-order chi connectivity index (χ0) is 12.3. The number of hydrogen-bond donors (Lipinski definition) is 1. The quantitative estimate of drug-likeness (QED) is 0.942. The van der Waals surface area contributed by atoms with Crippen LogP contribution in [0.25, 0.3) is 0 Å². The van der Waals surface area contributed by atoms with Gasteiger partial charge in [-0.15, -0.1) is 0 Å². The minimum atomic E-state index is -0.0953. The lowest BCUT2D eigenvalue weighted by Gasteiger charge is -2.05. The summed E-state index contributed by atoms with van der Waals surface area (Å²) in [5, 5.41) is 2.85. The summed E-state index contributed by atoms with van der Waals surface area (Å²) in [5.41, 5.74) is 1.61. The van der Waals surface area contributed by atoms with Crippen molar-refractivity contribution in [3.05, 3.63) is 52.5 Å². The van der Waals surface area contributed by atoms with Gasteiger partial charge in [-0.05, 0) is 33.6 Å². The Morgan fingerprint density at radius 2 is 2.41 bits per heavy atom. The molecule has 88 valence electrons. The molecule has 0 aliphatic heterocycles. The van der Waals surface area contributed by atoms with Gasteiger partial charge in [0.25, 0.3) is 5.91 Å². The molecule has 0 atom stereocenters. The van der Waals surface area contributed by atoms with E-state index in [0.717, 1.165) is 10.0 Å². The molecule has 0 saturated carbocycles. The Bertz CT molecular complexity index is 522. The monoisotopic (exact) mass is 293 g/mol. The van der Waals surface area contributed by atoms with E-state index in [1.807, 2.05) is 25.4 Å². The van der Waals surface area contributed by atoms with E-state index in [9.17, 15) is 4.79 Å². The Labute approximate surface area is 108 Å². The van der Waals surface area contributed by atoms with E-state index in [0.29, 0.717) is 12.2 Å². The summed E-state index contributed by atoms with van der Waals surface area (Å²) in [7, 11) is 1.84. The summed E-state index contributed by atoms with van der Waals surface area (Å²) in [4.78, 5) is 15.9. The van der Waals surface area contributed by atoms with Crippen LogP contribution < -0.4 is 5.32 Å². The fourth-order valence-electron chi connectivity index (χ4n) is 1.53. The molecule has 0 aliphatic rings. The Morgan fingerprint density at radius 1 is 1.59 bits per heavy atom. The molecule has 0 spiro atoms. The Balaban J connectivity index is 2.01. The maximum atomic E-state index is 11.9. The highest BCUT2D eigenvalue weighted by molar-refractivity contribution is 9.10. The van der Waals surface area contributed by atoms with Crippen molar-refractivity contribution in [2.24, 2.45) is 7.05 Å². The molecule has 0 unspecified atom stereocenters. The molecule has 0 radical (unpaired) electrons. The third-order valence-electron chi connectivity index (χ3n) is 2.38. The molecule has 2 aromatic heterocycles. The number of rotatable bonds is 3. The van der Waals surface area contributed by atoms with Gasteiger partial charge in [0.15, 0.2) is 0 Å². The van der Waals surface area contributed by atoms with Gasteiger partial charge < -0.3 is 9.88 Å². The number of amides is 1. The molecule has 2 aromatic rings. The van der Waals surface area contributed by atoms with Crippen molar-refractivity contribution in [1.29, 1.82) is 0 Å². The number of aromatic nitrogens is 2. The Hall–Kier alpha value is -1.62. The summed E-state index contributed by atoms with van der Waals surface area (Å²) in [5.74, 6) is -0.0953. The zero-order valence-corrected chi connectivity index (χ0v) is 10.9. The van der Waals surface area contributed by atoms with E-state index in [2.05, 4.69) is 26.2 Å². The largest absolute Gasteiger partial charge is 0.347 e. The number of carbonyl (C=O) groups excluding carboxylic acids is 1. The summed E-state index contributed by atoms with van der Waals surface area (Å²) >= 11 is 3.34. The van der Waals surface area contributed by atoms with Gasteiger partial charge in [-0.25, -0.2) is 0 Å². The minimum Gasteiger partial charge on any atom is -0.347 e. The lowest BCUT2D eigenvalue weighted by Crippen LogP contribution is -2.24. The molecule has 0 saturated heterocycles. The molecule has 1 N–H and O–H groups in total. The fourth-order valence-corrected chi connectivity index (χ4v) is 2.05. The Morgan fingerprint density at radius 3 is 3.00 bits per heavy atom. The molecule has 17 heavy (non-hydrogen) atoms. The first-order chi connectivity index (χ1) is 8.16. The van der Waals surface area contributed by atoms with Crippen LogP contribution in [0.2, 0.25) is 0 Å². The second-order valence-electron chi connectivity index (χ2n) is 3.70. The van der Waals surface area contributed by atoms with Crippen LogP contribution >= 0.6 is 15.9 Å². The van der Waals surface area contributed by atoms with Gasteiger partial charge in [0.2, 0.25) is 0 Å². The van der Waals surface area contributed by atoms with Gasteiger partial charge in [0.05, 0.1) is 0 Å². The summed E-state index contributed by atoms with van der Waals surface area (Å²) < 4.78 is 2.68. The molecule has 4 nitrogen and oxygen atoms in total. The van der Waals surface area contributed by atoms with E-state index < -0.39 is 0 Å². The van der Waals surface area contributed by atoms with Crippen molar-refractivity contribution >= 4 is 21.8 Å². The van der Waals surface area contributed by atoms with Crippen molar-refractivity contribution in [1.82, 2.24) is 14.9 Å². The van der Waals surface area contributed by atoms with Crippen LogP contribution in [0.3, 0.4) is 0 Å². The average molecular weight is 294 g/mol. The standard InChI is InChI=1S/C12H12BrN3O/c1-16-8-10(13)5-11(16)12(17)15-7-9-3-2-4-14-6-9/h2-6,8H,7H2,1H3,(H,15,17). The van der Waals surface area contributed by atoms with Crippen LogP contribution in [0.15, 0.2) is 41.3 Å². The van der Waals surface area contributed by atoms with Gasteiger partial charge in [-0.3, -0.25) is 9.78 Å². The molecule has 1 amide bonds. The zero-order valence-electron chi connectivity index (χ0n) is 9.35. The highest BCUT2D eigenvalue weighted by Gasteiger charge is 2.10. The third kappa shape index (κ3) is 2.94. The molecule has 0 fully saturated rings. The van der Waals surface area contributed by atoms with E-state index >= 15 is 0 Å². The lowest BCUT2D eigenvalue weighted by atomic mass is 10.3. The van der Waals surface area contributed by atoms with Gasteiger partial charge in [-0.1, -0.05) is 6.07 Å². The van der Waals surface area contributed by atoms with Crippen LogP contribution in [-0.2, 0) is 13.6 Å². The fraction of sp³-hybridized carbons (Fsp3) is 0.167. The molecule has 5 heteroatoms. The highest BCUT2D eigenvalue weighted by Crippen LogP contribution is 2.13. The highest BCUT2D eigenvalue weighted by atomic mass is 79.9. The number of aryl methyl sites for hydroxylation is 1. The van der Waals surface area contributed by atoms with Crippen molar-refractivity contribution in [3.8, 4) is 0 Å². The normalized spacial score (nSPS) is 10.2. The van der Waals surface area contributed by atoms with E-state index in [-0.39, 0.29) is 5.91 Å². The molecule has 0 bridgehead atoms. The smallest absolute Gasteiger partial charge is 0.268 e. The topological polar surface area (TPSA) is 46.9 Å². The van der Waals surface area contributed by atoms with Crippen molar-refractivity contribution in [2.45, 2.75) is 6.54 Å². The predicted octanol–water partition coefficient (Wildman–Crippen LogP) is 2.11. The number of carbonyl (C=O) groups is 1. The first kappa shape index (κ1) is 11.9. The lowest BCUT2D eigenvalue weighted by molar-refractivity contribution is 0.0943. The molecule has 2 rings (SSSR count). The molecule has 0 aliphatic carbocycles. The van der Waals surface area contributed by atoms with Crippen molar-refractivity contribution < 1.29 is 4.79 Å². The Kier molecular flexibility index (Phi) is 3.58. The minimum absolute atomic E-state index is 0.0953. The molecule has 0 aromatic carbocycles. The maximum absolute atomic E-state index is 11.9. The summed E-state index contributed by atoms with van der Waals surface area (Å²) in [6.45, 7) is 0.482. The number of nitrogens with zero attached hydrogens (tertiary/aromatic N) is 2. The summed E-state index contributed by atoms with van der Waals surface area (Å²) in [6.07, 6.45) is 5.29. The maximum Gasteiger partial charge on any atom is 0.268 e.